The Bertz CT molecular complexity index is 452. The molecule has 1 saturated heterocycles. The molecule has 0 saturated carbocycles. The minimum atomic E-state index is -0.324. The first-order valence-electron chi connectivity index (χ1n) is 4.89. The fourth-order valence-electron chi connectivity index (χ4n) is 1.82. The Kier molecular flexibility index (Phi) is 3.22. The van der Waals surface area contributed by atoms with Crippen LogP contribution >= 0.6 is 27.5 Å². The molecule has 1 atom stereocenters. The van der Waals surface area contributed by atoms with Crippen LogP contribution in [-0.2, 0) is 4.79 Å². The van der Waals surface area contributed by atoms with Crippen molar-refractivity contribution in [2.24, 2.45) is 0 Å². The SMILES string of the molecule is Cc1cc(F)c(Br)cc1N1CC(Cl)CC1=O. The van der Waals surface area contributed by atoms with Crippen LogP contribution in [0.25, 0.3) is 0 Å². The second kappa shape index (κ2) is 4.34. The Morgan fingerprint density at radius 2 is 2.25 bits per heavy atom. The molecule has 1 aromatic carbocycles. The van der Waals surface area contributed by atoms with Crippen LogP contribution < -0.4 is 4.90 Å². The van der Waals surface area contributed by atoms with Gasteiger partial charge in [0, 0.05) is 18.7 Å². The number of carbonyl (C=O) groups is 1. The summed E-state index contributed by atoms with van der Waals surface area (Å²) >= 11 is 9.04. The van der Waals surface area contributed by atoms with Crippen LogP contribution in [0.15, 0.2) is 16.6 Å². The number of halogens is 3. The summed E-state index contributed by atoms with van der Waals surface area (Å²) in [7, 11) is 0. The number of carbonyl (C=O) groups excluding carboxylic acids is 1. The van der Waals surface area contributed by atoms with Crippen LogP contribution in [0.3, 0.4) is 0 Å². The van der Waals surface area contributed by atoms with E-state index in [1.54, 1.807) is 17.9 Å². The molecule has 1 aromatic rings. The lowest BCUT2D eigenvalue weighted by molar-refractivity contribution is -0.117. The van der Waals surface area contributed by atoms with Crippen molar-refractivity contribution in [3.63, 3.8) is 0 Å². The second-order valence-electron chi connectivity index (χ2n) is 3.86. The Morgan fingerprint density at radius 3 is 2.81 bits per heavy atom. The summed E-state index contributed by atoms with van der Waals surface area (Å²) in [4.78, 5) is 13.3. The number of rotatable bonds is 1. The lowest BCUT2D eigenvalue weighted by Crippen LogP contribution is -2.25. The molecule has 0 radical (unpaired) electrons. The van der Waals surface area contributed by atoms with E-state index >= 15 is 0 Å². The fourth-order valence-corrected chi connectivity index (χ4v) is 2.42. The average molecular weight is 307 g/mol. The van der Waals surface area contributed by atoms with E-state index in [-0.39, 0.29) is 17.1 Å². The molecule has 0 aromatic heterocycles. The maximum Gasteiger partial charge on any atom is 0.228 e. The third kappa shape index (κ3) is 2.09. The first-order valence-corrected chi connectivity index (χ1v) is 6.12. The number of hydrogen-bond donors (Lipinski definition) is 0. The molecule has 1 amide bonds. The van der Waals surface area contributed by atoms with Crippen molar-refractivity contribution in [2.45, 2.75) is 18.7 Å². The van der Waals surface area contributed by atoms with Gasteiger partial charge in [-0.3, -0.25) is 4.79 Å². The Labute approximate surface area is 107 Å². The maximum absolute atomic E-state index is 13.2. The van der Waals surface area contributed by atoms with E-state index < -0.39 is 0 Å². The predicted molar refractivity (Wildman–Crippen MR) is 65.4 cm³/mol. The standard InChI is InChI=1S/C11H10BrClFNO/c1-6-2-9(14)8(12)4-10(6)15-5-7(13)3-11(15)16/h2,4,7H,3,5H2,1H3. The molecule has 86 valence electrons. The van der Waals surface area contributed by atoms with Gasteiger partial charge in [0.25, 0.3) is 0 Å². The fraction of sp³-hybridized carbons (Fsp3) is 0.364. The number of anilines is 1. The van der Waals surface area contributed by atoms with E-state index in [0.717, 1.165) is 11.3 Å². The molecule has 5 heteroatoms. The molecular weight excluding hydrogens is 296 g/mol. The van der Waals surface area contributed by atoms with Crippen molar-refractivity contribution < 1.29 is 9.18 Å². The van der Waals surface area contributed by atoms with Crippen molar-refractivity contribution >= 4 is 39.1 Å². The summed E-state index contributed by atoms with van der Waals surface area (Å²) in [5.41, 5.74) is 1.46. The van der Waals surface area contributed by atoms with Gasteiger partial charge in [-0.1, -0.05) is 0 Å². The predicted octanol–water partition coefficient (Wildman–Crippen LogP) is 3.24. The van der Waals surface area contributed by atoms with Crippen molar-refractivity contribution in [1.82, 2.24) is 0 Å². The van der Waals surface area contributed by atoms with Gasteiger partial charge >= 0.3 is 0 Å². The van der Waals surface area contributed by atoms with Gasteiger partial charge in [0.1, 0.15) is 5.82 Å². The third-order valence-corrected chi connectivity index (χ3v) is 3.51. The molecule has 2 rings (SSSR count). The van der Waals surface area contributed by atoms with E-state index in [1.807, 2.05) is 0 Å². The van der Waals surface area contributed by atoms with Crippen molar-refractivity contribution in [3.05, 3.63) is 28.0 Å². The largest absolute Gasteiger partial charge is 0.311 e. The molecule has 0 N–H and O–H groups in total. The molecule has 1 aliphatic heterocycles. The van der Waals surface area contributed by atoms with Gasteiger partial charge < -0.3 is 4.90 Å². The third-order valence-electron chi connectivity index (χ3n) is 2.61. The highest BCUT2D eigenvalue weighted by molar-refractivity contribution is 9.10. The van der Waals surface area contributed by atoms with Crippen molar-refractivity contribution in [3.8, 4) is 0 Å². The van der Waals surface area contributed by atoms with Crippen LogP contribution in [-0.4, -0.2) is 17.8 Å². The lowest BCUT2D eigenvalue weighted by Gasteiger charge is -2.19. The highest BCUT2D eigenvalue weighted by atomic mass is 79.9. The molecule has 0 aliphatic carbocycles. The van der Waals surface area contributed by atoms with Crippen LogP contribution in [0.4, 0.5) is 10.1 Å². The summed E-state index contributed by atoms with van der Waals surface area (Å²) in [6.07, 6.45) is 0.343. The van der Waals surface area contributed by atoms with Gasteiger partial charge in [-0.15, -0.1) is 11.6 Å². The summed E-state index contributed by atoms with van der Waals surface area (Å²) in [5, 5.41) is -0.157. The number of amides is 1. The van der Waals surface area contributed by atoms with E-state index in [0.29, 0.717) is 17.4 Å². The summed E-state index contributed by atoms with van der Waals surface area (Å²) in [6.45, 7) is 2.26. The molecule has 0 bridgehead atoms. The van der Waals surface area contributed by atoms with Gasteiger partial charge in [-0.05, 0) is 40.5 Å². The Balaban J connectivity index is 2.41. The number of nitrogens with zero attached hydrogens (tertiary/aromatic N) is 1. The monoisotopic (exact) mass is 305 g/mol. The number of aryl methyl sites for hydroxylation is 1. The summed E-state index contributed by atoms with van der Waals surface area (Å²) in [5.74, 6) is -0.336. The molecule has 0 spiro atoms. The average Bonchev–Trinajstić information content (AvgIpc) is 2.51. The molecule has 2 nitrogen and oxygen atoms in total. The minimum Gasteiger partial charge on any atom is -0.311 e. The van der Waals surface area contributed by atoms with E-state index in [4.69, 9.17) is 11.6 Å². The Morgan fingerprint density at radius 1 is 1.56 bits per heavy atom. The quantitative estimate of drug-likeness (QED) is 0.729. The molecule has 16 heavy (non-hydrogen) atoms. The molecule has 1 aliphatic rings. The second-order valence-corrected chi connectivity index (χ2v) is 5.33. The van der Waals surface area contributed by atoms with Gasteiger partial charge in [-0.25, -0.2) is 4.39 Å². The summed E-state index contributed by atoms with van der Waals surface area (Å²) in [6, 6.07) is 3.03. The summed E-state index contributed by atoms with van der Waals surface area (Å²) < 4.78 is 13.6. The van der Waals surface area contributed by atoms with E-state index in [1.165, 1.54) is 6.07 Å². The topological polar surface area (TPSA) is 20.3 Å². The van der Waals surface area contributed by atoms with Crippen LogP contribution in [0.1, 0.15) is 12.0 Å². The zero-order valence-corrected chi connectivity index (χ0v) is 11.0. The maximum atomic E-state index is 13.2. The van der Waals surface area contributed by atoms with Crippen LogP contribution in [0.5, 0.6) is 0 Å². The van der Waals surface area contributed by atoms with Crippen molar-refractivity contribution in [2.75, 3.05) is 11.4 Å². The first-order chi connectivity index (χ1) is 7.49. The lowest BCUT2D eigenvalue weighted by atomic mass is 10.2. The highest BCUT2D eigenvalue weighted by Gasteiger charge is 2.30. The van der Waals surface area contributed by atoms with Crippen LogP contribution in [0.2, 0.25) is 0 Å². The Hall–Kier alpha value is -0.610. The highest BCUT2D eigenvalue weighted by Crippen LogP contribution is 2.31. The van der Waals surface area contributed by atoms with E-state index in [2.05, 4.69) is 15.9 Å². The van der Waals surface area contributed by atoms with Gasteiger partial charge in [-0.2, -0.15) is 0 Å². The molecule has 1 heterocycles. The van der Waals surface area contributed by atoms with Gasteiger partial charge in [0.05, 0.1) is 9.85 Å². The zero-order chi connectivity index (χ0) is 11.9. The van der Waals surface area contributed by atoms with Gasteiger partial charge in [0.15, 0.2) is 0 Å². The molecule has 1 fully saturated rings. The smallest absolute Gasteiger partial charge is 0.228 e. The van der Waals surface area contributed by atoms with Gasteiger partial charge in [0.2, 0.25) is 5.91 Å². The van der Waals surface area contributed by atoms with Crippen molar-refractivity contribution in [1.29, 1.82) is 0 Å². The normalized spacial score (nSPS) is 20.6. The molecular formula is C11H10BrClFNO. The zero-order valence-electron chi connectivity index (χ0n) is 8.64. The molecule has 1 unspecified atom stereocenters. The first kappa shape index (κ1) is 11.9. The minimum absolute atomic E-state index is 0.0124. The number of alkyl halides is 1. The van der Waals surface area contributed by atoms with E-state index in [9.17, 15) is 9.18 Å². The van der Waals surface area contributed by atoms with Crippen LogP contribution in [0, 0.1) is 12.7 Å². The number of benzene rings is 1. The number of hydrogen-bond acceptors (Lipinski definition) is 1.